The van der Waals surface area contributed by atoms with Crippen LogP contribution in [-0.4, -0.2) is 58.9 Å². The quantitative estimate of drug-likeness (QED) is 0.120. The summed E-state index contributed by atoms with van der Waals surface area (Å²) < 4.78 is 27.9. The molecule has 0 saturated carbocycles. The second-order valence-corrected chi connectivity index (χ2v) is 14.0. The van der Waals surface area contributed by atoms with Crippen molar-refractivity contribution >= 4 is 28.6 Å². The minimum absolute atomic E-state index is 0.0708. The van der Waals surface area contributed by atoms with Gasteiger partial charge in [0.2, 0.25) is 17.7 Å². The summed E-state index contributed by atoms with van der Waals surface area (Å²) in [6.45, 7) is 4.92. The summed E-state index contributed by atoms with van der Waals surface area (Å²) in [6, 6.07) is 12.3. The Morgan fingerprint density at radius 2 is 1.92 bits per heavy atom. The van der Waals surface area contributed by atoms with Crippen LogP contribution in [0.25, 0.3) is 22.3 Å². The van der Waals surface area contributed by atoms with Gasteiger partial charge in [-0.2, -0.15) is 0 Å². The van der Waals surface area contributed by atoms with Gasteiger partial charge in [0.15, 0.2) is 0 Å². The van der Waals surface area contributed by atoms with E-state index in [-0.39, 0.29) is 62.8 Å². The monoisotopic (exact) mass is 711 g/mol. The number of halogens is 1. The number of hydrogen-bond donors (Lipinski definition) is 4. The third-order valence-electron chi connectivity index (χ3n) is 10.6. The maximum atomic E-state index is 15.2. The van der Waals surface area contributed by atoms with Crippen LogP contribution >= 0.6 is 0 Å². The molecule has 4 heterocycles. The van der Waals surface area contributed by atoms with Crippen LogP contribution in [-0.2, 0) is 55.5 Å². The molecule has 13 heteroatoms. The number of carbonyl (C=O) groups is 3. The molecule has 7 rings (SSSR count). The molecule has 272 valence electrons. The number of nitrogens with zero attached hydrogens (tertiary/aromatic N) is 2. The Morgan fingerprint density at radius 1 is 1.13 bits per heavy atom. The number of aliphatic hydroxyl groups is 1. The molecule has 2 aromatic carbocycles. The first-order valence-corrected chi connectivity index (χ1v) is 17.7. The Morgan fingerprint density at radius 3 is 2.69 bits per heavy atom. The van der Waals surface area contributed by atoms with Crippen LogP contribution in [0.3, 0.4) is 0 Å². The van der Waals surface area contributed by atoms with Crippen molar-refractivity contribution in [1.82, 2.24) is 25.5 Å². The summed E-state index contributed by atoms with van der Waals surface area (Å²) in [5.74, 6) is -1.81. The third kappa shape index (κ3) is 6.48. The molecule has 4 aromatic rings. The Bertz CT molecular complexity index is 2150. The highest BCUT2D eigenvalue weighted by Crippen LogP contribution is 2.45. The zero-order valence-corrected chi connectivity index (χ0v) is 29.4. The van der Waals surface area contributed by atoms with E-state index in [2.05, 4.69) is 16.0 Å². The number of benzene rings is 2. The Balaban J connectivity index is 1.04. The lowest BCUT2D eigenvalue weighted by Gasteiger charge is -2.33. The number of aryl methyl sites for hydroxylation is 1. The first-order chi connectivity index (χ1) is 25.0. The van der Waals surface area contributed by atoms with Crippen LogP contribution < -0.4 is 21.5 Å². The Kier molecular flexibility index (Phi) is 9.68. The lowest BCUT2D eigenvalue weighted by atomic mass is 9.81. The number of hydrogen-bond acceptors (Lipinski definition) is 8. The topological polar surface area (TPSA) is 161 Å². The maximum Gasteiger partial charge on any atom is 0.257 e. The van der Waals surface area contributed by atoms with E-state index in [1.54, 1.807) is 24.5 Å². The molecule has 4 N–H and O–H groups in total. The molecule has 3 atom stereocenters. The molecule has 0 saturated heterocycles. The predicted octanol–water partition coefficient (Wildman–Crippen LogP) is 3.19. The average molecular weight is 712 g/mol. The van der Waals surface area contributed by atoms with Crippen molar-refractivity contribution in [2.45, 2.75) is 71.2 Å². The van der Waals surface area contributed by atoms with Gasteiger partial charge in [-0.15, -0.1) is 0 Å². The number of carbonyl (C=O) groups excluding carboxylic acids is 3. The summed E-state index contributed by atoms with van der Waals surface area (Å²) >= 11 is 0. The van der Waals surface area contributed by atoms with Crippen molar-refractivity contribution in [2.75, 3.05) is 26.5 Å². The number of rotatable bonds is 11. The van der Waals surface area contributed by atoms with Gasteiger partial charge >= 0.3 is 0 Å². The van der Waals surface area contributed by atoms with Crippen molar-refractivity contribution in [3.05, 3.63) is 97.6 Å². The van der Waals surface area contributed by atoms with Gasteiger partial charge in [0.25, 0.3) is 5.56 Å². The van der Waals surface area contributed by atoms with Gasteiger partial charge in [-0.25, -0.2) is 9.37 Å². The number of pyridine rings is 2. The minimum Gasteiger partial charge on any atom is -0.383 e. The molecule has 0 fully saturated rings. The number of fused-ring (bicyclic) bond motifs is 5. The summed E-state index contributed by atoms with van der Waals surface area (Å²) in [5.41, 5.74) is 4.73. The molecule has 12 nitrogen and oxygen atoms in total. The highest BCUT2D eigenvalue weighted by molar-refractivity contribution is 5.93. The van der Waals surface area contributed by atoms with E-state index >= 15 is 4.39 Å². The number of aromatic nitrogens is 2. The lowest BCUT2D eigenvalue weighted by molar-refractivity contribution is -0.130. The number of nitrogens with one attached hydrogen (secondary N) is 3. The molecule has 3 aliphatic rings. The first kappa shape index (κ1) is 35.4. The van der Waals surface area contributed by atoms with E-state index in [1.807, 2.05) is 37.3 Å². The molecule has 2 aliphatic heterocycles. The van der Waals surface area contributed by atoms with Crippen molar-refractivity contribution in [1.29, 1.82) is 0 Å². The highest BCUT2D eigenvalue weighted by Gasteiger charge is 2.40. The SMILES string of the molecule is CC[C@@]1(O)COCc2c1cc1n(c2=O)Cc2c-1nc1cc(F)c(C)c3c1c2[C@@H](NC(=O)COCNC(=O)CNC(=O)[C@@H](C)Cc1ccccc1)CC3. The predicted molar refractivity (Wildman–Crippen MR) is 190 cm³/mol. The third-order valence-corrected chi connectivity index (χ3v) is 10.6. The molecule has 52 heavy (non-hydrogen) atoms. The van der Waals surface area contributed by atoms with E-state index in [0.29, 0.717) is 59.3 Å². The number of ether oxygens (including phenoxy) is 2. The van der Waals surface area contributed by atoms with Crippen LogP contribution in [0.2, 0.25) is 0 Å². The Hall–Kier alpha value is -4.98. The van der Waals surface area contributed by atoms with Gasteiger partial charge in [0, 0.05) is 28.5 Å². The fourth-order valence-corrected chi connectivity index (χ4v) is 7.71. The van der Waals surface area contributed by atoms with Crippen molar-refractivity contribution in [3.8, 4) is 11.4 Å². The van der Waals surface area contributed by atoms with Gasteiger partial charge in [-0.3, -0.25) is 19.2 Å². The Labute approximate surface area is 299 Å². The molecular formula is C39H42FN5O7. The van der Waals surface area contributed by atoms with E-state index in [9.17, 15) is 24.3 Å². The lowest BCUT2D eigenvalue weighted by Crippen LogP contribution is -2.41. The van der Waals surface area contributed by atoms with Gasteiger partial charge < -0.3 is 35.1 Å². The highest BCUT2D eigenvalue weighted by atomic mass is 19.1. The van der Waals surface area contributed by atoms with Gasteiger partial charge in [-0.1, -0.05) is 44.2 Å². The molecule has 0 radical (unpaired) electrons. The second kappa shape index (κ2) is 14.2. The number of amides is 3. The summed E-state index contributed by atoms with van der Waals surface area (Å²) in [7, 11) is 0. The van der Waals surface area contributed by atoms with Gasteiger partial charge in [0.05, 0.1) is 49.2 Å². The van der Waals surface area contributed by atoms with Crippen molar-refractivity contribution in [2.24, 2.45) is 5.92 Å². The largest absolute Gasteiger partial charge is 0.383 e. The normalized spacial score (nSPS) is 19.0. The van der Waals surface area contributed by atoms with E-state index < -0.39 is 23.5 Å². The molecule has 2 aromatic heterocycles. The fourth-order valence-electron chi connectivity index (χ4n) is 7.71. The van der Waals surface area contributed by atoms with E-state index in [1.165, 1.54) is 6.07 Å². The van der Waals surface area contributed by atoms with Crippen LogP contribution in [0.5, 0.6) is 0 Å². The molecule has 3 amide bonds. The first-order valence-electron chi connectivity index (χ1n) is 17.7. The molecule has 0 bridgehead atoms. The van der Waals surface area contributed by atoms with Crippen molar-refractivity contribution in [3.63, 3.8) is 0 Å². The van der Waals surface area contributed by atoms with Crippen molar-refractivity contribution < 1.29 is 33.4 Å². The molecule has 0 spiro atoms. The minimum atomic E-state index is -1.32. The maximum absolute atomic E-state index is 15.2. The van der Waals surface area contributed by atoms with E-state index in [0.717, 1.165) is 27.6 Å². The summed E-state index contributed by atoms with van der Waals surface area (Å²) in [4.78, 5) is 56.8. The summed E-state index contributed by atoms with van der Waals surface area (Å²) in [6.07, 6.45) is 1.90. The van der Waals surface area contributed by atoms with E-state index in [4.69, 9.17) is 14.5 Å². The van der Waals surface area contributed by atoms with Gasteiger partial charge in [0.1, 0.15) is 24.8 Å². The smallest absolute Gasteiger partial charge is 0.257 e. The standard InChI is InChI=1S/C39H42FN5O7/c1-4-39(50)19-51-17-26-27(39)13-31-36-25(16-45(31)38(26)49)35-29(11-10-24-22(3)28(40)14-30(44-36)34(24)35)43-33(47)18-52-20-42-32(46)15-41-37(48)21(2)12-23-8-6-5-7-9-23/h5-9,13-14,21,29,50H,4,10-12,15-20H2,1-3H3,(H,41,48)(H,42,46)(H,43,47)/t21-,29-,39+/m0/s1. The fraction of sp³-hybridized carbons (Fsp3) is 0.410. The molecular weight excluding hydrogens is 669 g/mol. The zero-order valence-electron chi connectivity index (χ0n) is 29.4. The van der Waals surface area contributed by atoms with Crippen LogP contribution in [0.1, 0.15) is 71.7 Å². The molecule has 0 unspecified atom stereocenters. The van der Waals surface area contributed by atoms with Crippen LogP contribution in [0.15, 0.2) is 47.3 Å². The summed E-state index contributed by atoms with van der Waals surface area (Å²) in [5, 5.41) is 20.4. The zero-order chi connectivity index (χ0) is 36.7. The van der Waals surface area contributed by atoms with Crippen LogP contribution in [0, 0.1) is 18.7 Å². The average Bonchev–Trinajstić information content (AvgIpc) is 3.51. The molecule has 1 aliphatic carbocycles. The van der Waals surface area contributed by atoms with Gasteiger partial charge in [-0.05, 0) is 66.5 Å². The second-order valence-electron chi connectivity index (χ2n) is 14.0. The van der Waals surface area contributed by atoms with Crippen LogP contribution in [0.4, 0.5) is 4.39 Å².